The van der Waals surface area contributed by atoms with Gasteiger partial charge in [0.2, 0.25) is 21.8 Å². The third kappa shape index (κ3) is 4.16. The molecule has 2 aliphatic heterocycles. The minimum atomic E-state index is -3.59. The predicted molar refractivity (Wildman–Crippen MR) is 129 cm³/mol. The Morgan fingerprint density at radius 2 is 1.71 bits per heavy atom. The molecule has 0 saturated carbocycles. The second kappa shape index (κ2) is 9.00. The van der Waals surface area contributed by atoms with E-state index in [9.17, 15) is 18.0 Å². The van der Waals surface area contributed by atoms with E-state index in [-0.39, 0.29) is 37.4 Å². The van der Waals surface area contributed by atoms with Gasteiger partial charge in [0.05, 0.1) is 17.4 Å². The highest BCUT2D eigenvalue weighted by Gasteiger charge is 2.34. The van der Waals surface area contributed by atoms with Crippen LogP contribution in [0.5, 0.6) is 0 Å². The van der Waals surface area contributed by atoms with Crippen molar-refractivity contribution in [1.82, 2.24) is 14.1 Å². The van der Waals surface area contributed by atoms with Crippen LogP contribution in [0.25, 0.3) is 6.08 Å². The Labute approximate surface area is 200 Å². The summed E-state index contributed by atoms with van der Waals surface area (Å²) in [6, 6.07) is 12.9. The number of amides is 2. The average molecular weight is 480 g/mol. The van der Waals surface area contributed by atoms with Crippen LogP contribution >= 0.6 is 0 Å². The van der Waals surface area contributed by atoms with E-state index in [1.807, 2.05) is 42.5 Å². The number of nitrogens with zero attached hydrogens (tertiary/aromatic N) is 3. The molecule has 1 aliphatic carbocycles. The van der Waals surface area contributed by atoms with Crippen LogP contribution in [-0.4, -0.2) is 60.5 Å². The van der Waals surface area contributed by atoms with Gasteiger partial charge in [-0.05, 0) is 59.7 Å². The molecule has 5 rings (SSSR count). The van der Waals surface area contributed by atoms with E-state index in [4.69, 9.17) is 0 Å². The number of piperazine rings is 1. The molecule has 2 amide bonds. The number of fused-ring (bicyclic) bond motifs is 2. The number of sulfonamides is 1. The van der Waals surface area contributed by atoms with E-state index in [1.165, 1.54) is 16.8 Å². The quantitative estimate of drug-likeness (QED) is 0.676. The van der Waals surface area contributed by atoms with Crippen molar-refractivity contribution < 1.29 is 18.0 Å². The lowest BCUT2D eigenvalue weighted by atomic mass is 9.93. The Balaban J connectivity index is 1.26. The van der Waals surface area contributed by atoms with Gasteiger partial charge in [-0.15, -0.1) is 0 Å². The van der Waals surface area contributed by atoms with Crippen LogP contribution in [-0.2, 0) is 32.5 Å². The number of hydrogen-bond donors (Lipinski definition) is 0. The molecule has 2 aromatic rings. The molecule has 178 valence electrons. The molecular weight excluding hydrogens is 450 g/mol. The fourth-order valence-corrected chi connectivity index (χ4v) is 6.72. The standard InChI is InChI=1S/C26H29N3O4S/c1-19(30)29-12-11-21-5-2-3-8-24(21)25(29)18-26(31)27-13-15-28(16-14-27)34(32,33)23-10-9-20-6-4-7-22(20)17-23/h2-3,5,8-12,17,25H,4,6-7,13-16,18H2,1H3/t25-/m1/s1. The Kier molecular flexibility index (Phi) is 6.04. The van der Waals surface area contributed by atoms with Gasteiger partial charge >= 0.3 is 0 Å². The summed E-state index contributed by atoms with van der Waals surface area (Å²) in [6.45, 7) is 2.71. The molecule has 0 spiro atoms. The molecule has 7 nitrogen and oxygen atoms in total. The molecule has 1 fully saturated rings. The minimum Gasteiger partial charge on any atom is -0.340 e. The van der Waals surface area contributed by atoms with Crippen molar-refractivity contribution in [1.29, 1.82) is 0 Å². The first kappa shape index (κ1) is 22.8. The van der Waals surface area contributed by atoms with E-state index in [2.05, 4.69) is 0 Å². The number of benzene rings is 2. The molecule has 3 aliphatic rings. The number of aryl methyl sites for hydroxylation is 2. The zero-order valence-electron chi connectivity index (χ0n) is 19.3. The van der Waals surface area contributed by atoms with E-state index in [0.717, 1.165) is 36.0 Å². The molecule has 0 radical (unpaired) electrons. The first-order chi connectivity index (χ1) is 16.3. The molecule has 2 aromatic carbocycles. The molecule has 0 aromatic heterocycles. The highest BCUT2D eigenvalue weighted by Crippen LogP contribution is 2.33. The molecule has 34 heavy (non-hydrogen) atoms. The van der Waals surface area contributed by atoms with Crippen molar-refractivity contribution in [3.8, 4) is 0 Å². The second-order valence-electron chi connectivity index (χ2n) is 9.16. The van der Waals surface area contributed by atoms with Crippen molar-refractivity contribution in [2.45, 2.75) is 43.5 Å². The molecule has 0 unspecified atom stereocenters. The summed E-state index contributed by atoms with van der Waals surface area (Å²) in [5.41, 5.74) is 4.33. The predicted octanol–water partition coefficient (Wildman–Crippen LogP) is 2.97. The number of hydrogen-bond acceptors (Lipinski definition) is 4. The average Bonchev–Trinajstić information content (AvgIpc) is 3.32. The Morgan fingerprint density at radius 3 is 2.47 bits per heavy atom. The Bertz CT molecular complexity index is 1260. The van der Waals surface area contributed by atoms with Gasteiger partial charge in [0.25, 0.3) is 0 Å². The largest absolute Gasteiger partial charge is 0.340 e. The van der Waals surface area contributed by atoms with Crippen LogP contribution in [0.2, 0.25) is 0 Å². The SMILES string of the molecule is CC(=O)N1C=Cc2ccccc2[C@H]1CC(=O)N1CCN(S(=O)(=O)c2ccc3c(c2)CCC3)CC1. The van der Waals surface area contributed by atoms with Crippen molar-refractivity contribution in [3.63, 3.8) is 0 Å². The summed E-state index contributed by atoms with van der Waals surface area (Å²) < 4.78 is 27.9. The molecule has 0 N–H and O–H groups in total. The summed E-state index contributed by atoms with van der Waals surface area (Å²) >= 11 is 0. The van der Waals surface area contributed by atoms with Gasteiger partial charge in [0.1, 0.15) is 0 Å². The molecular formula is C26H29N3O4S. The molecule has 2 heterocycles. The summed E-state index contributed by atoms with van der Waals surface area (Å²) in [4.78, 5) is 29.1. The van der Waals surface area contributed by atoms with Crippen LogP contribution < -0.4 is 0 Å². The van der Waals surface area contributed by atoms with Gasteiger partial charge in [0, 0.05) is 39.3 Å². The number of carbonyl (C=O) groups is 2. The molecule has 1 saturated heterocycles. The number of carbonyl (C=O) groups excluding carboxylic acids is 2. The molecule has 1 atom stereocenters. The third-order valence-electron chi connectivity index (χ3n) is 7.14. The molecule has 0 bridgehead atoms. The first-order valence-electron chi connectivity index (χ1n) is 11.8. The lowest BCUT2D eigenvalue weighted by Crippen LogP contribution is -2.51. The van der Waals surface area contributed by atoms with Crippen LogP contribution in [0.15, 0.2) is 53.6 Å². The van der Waals surface area contributed by atoms with Gasteiger partial charge < -0.3 is 9.80 Å². The maximum absolute atomic E-state index is 13.2. The van der Waals surface area contributed by atoms with Crippen LogP contribution in [0, 0.1) is 0 Å². The smallest absolute Gasteiger partial charge is 0.243 e. The second-order valence-corrected chi connectivity index (χ2v) is 11.1. The van der Waals surface area contributed by atoms with Gasteiger partial charge in [0.15, 0.2) is 0 Å². The molecule has 8 heteroatoms. The summed E-state index contributed by atoms with van der Waals surface area (Å²) in [5.74, 6) is -0.190. The van der Waals surface area contributed by atoms with Crippen molar-refractivity contribution in [3.05, 3.63) is 70.9 Å². The lowest BCUT2D eigenvalue weighted by molar-refractivity contribution is -0.135. The zero-order valence-corrected chi connectivity index (χ0v) is 20.1. The summed E-state index contributed by atoms with van der Waals surface area (Å²) in [7, 11) is -3.59. The van der Waals surface area contributed by atoms with E-state index < -0.39 is 10.0 Å². The van der Waals surface area contributed by atoms with E-state index in [1.54, 1.807) is 22.1 Å². The van der Waals surface area contributed by atoms with E-state index in [0.29, 0.717) is 18.0 Å². The monoisotopic (exact) mass is 479 g/mol. The lowest BCUT2D eigenvalue weighted by Gasteiger charge is -2.37. The van der Waals surface area contributed by atoms with Crippen LogP contribution in [0.4, 0.5) is 0 Å². The van der Waals surface area contributed by atoms with Crippen molar-refractivity contribution in [2.75, 3.05) is 26.2 Å². The van der Waals surface area contributed by atoms with E-state index >= 15 is 0 Å². The van der Waals surface area contributed by atoms with Gasteiger partial charge in [-0.1, -0.05) is 30.3 Å². The highest BCUT2D eigenvalue weighted by atomic mass is 32.2. The maximum atomic E-state index is 13.2. The first-order valence-corrected chi connectivity index (χ1v) is 13.2. The fourth-order valence-electron chi connectivity index (χ4n) is 5.24. The maximum Gasteiger partial charge on any atom is 0.243 e. The van der Waals surface area contributed by atoms with Crippen LogP contribution in [0.1, 0.15) is 48.1 Å². The normalized spacial score (nSPS) is 20.2. The third-order valence-corrected chi connectivity index (χ3v) is 9.03. The highest BCUT2D eigenvalue weighted by molar-refractivity contribution is 7.89. The van der Waals surface area contributed by atoms with Crippen molar-refractivity contribution in [2.24, 2.45) is 0 Å². The van der Waals surface area contributed by atoms with Crippen molar-refractivity contribution >= 4 is 27.9 Å². The topological polar surface area (TPSA) is 78.0 Å². The zero-order chi connectivity index (χ0) is 23.9. The summed E-state index contributed by atoms with van der Waals surface area (Å²) in [5, 5.41) is 0. The van der Waals surface area contributed by atoms with Gasteiger partial charge in [-0.25, -0.2) is 8.42 Å². The number of rotatable bonds is 4. The van der Waals surface area contributed by atoms with Crippen LogP contribution in [0.3, 0.4) is 0 Å². The minimum absolute atomic E-state index is 0.0732. The Morgan fingerprint density at radius 1 is 0.971 bits per heavy atom. The summed E-state index contributed by atoms with van der Waals surface area (Å²) in [6.07, 6.45) is 6.81. The van der Waals surface area contributed by atoms with Gasteiger partial charge in [-0.3, -0.25) is 9.59 Å². The Hall–Kier alpha value is -2.97. The fraction of sp³-hybridized carbons (Fsp3) is 0.385. The van der Waals surface area contributed by atoms with Gasteiger partial charge in [-0.2, -0.15) is 4.31 Å².